The highest BCUT2D eigenvalue weighted by Crippen LogP contribution is 2.34. The molecule has 33 heavy (non-hydrogen) atoms. The van der Waals surface area contributed by atoms with E-state index in [4.69, 9.17) is 0 Å². The molecule has 5 rings (SSSR count). The highest BCUT2D eigenvalue weighted by molar-refractivity contribution is 6.00. The van der Waals surface area contributed by atoms with Gasteiger partial charge in [0.15, 0.2) is 5.65 Å². The van der Waals surface area contributed by atoms with Crippen LogP contribution in [0, 0.1) is 12.7 Å². The molecule has 5 aromatic rings. The zero-order chi connectivity index (χ0) is 22.9. The third-order valence-corrected chi connectivity index (χ3v) is 5.63. The van der Waals surface area contributed by atoms with Crippen molar-refractivity contribution in [1.82, 2.24) is 25.1 Å². The number of hydrogen-bond acceptors (Lipinski definition) is 3. The normalized spacial score (nSPS) is 12.3. The first-order valence-electron chi connectivity index (χ1n) is 10.6. The minimum Gasteiger partial charge on any atom is -0.352 e. The molecule has 0 saturated carbocycles. The molecule has 0 aliphatic rings. The fourth-order valence-corrected chi connectivity index (χ4v) is 4.10. The molecule has 0 spiro atoms. The van der Waals surface area contributed by atoms with Crippen LogP contribution in [-0.2, 0) is 0 Å². The number of nitrogens with zero attached hydrogens (tertiary/aromatic N) is 3. The molecular formula is C27H22FN5. The summed E-state index contributed by atoms with van der Waals surface area (Å²) in [4.78, 5) is 12.3. The van der Waals surface area contributed by atoms with E-state index in [0.29, 0.717) is 5.65 Å². The van der Waals surface area contributed by atoms with E-state index in [1.807, 2.05) is 50.4 Å². The van der Waals surface area contributed by atoms with E-state index in [2.05, 4.69) is 37.8 Å². The maximum Gasteiger partial charge on any atom is 0.181 e. The molecule has 0 fully saturated rings. The standard InChI is InChI=1S/C27H22FN5/c1-4-6-7-17(5-2)19-11-22-26(32-33-27(22)30-13-19)24-12-21-23(14-29-15-25(21)31-24)18-8-16(3)9-20(28)10-18/h4-15,31H,1H2,2-3H3,(H,30,32,33)/b7-6-,17-5+. The minimum absolute atomic E-state index is 0.263. The van der Waals surface area contributed by atoms with Gasteiger partial charge in [0, 0.05) is 34.3 Å². The lowest BCUT2D eigenvalue weighted by Crippen LogP contribution is -1.85. The number of aromatic nitrogens is 5. The first-order valence-corrected chi connectivity index (χ1v) is 10.6. The van der Waals surface area contributed by atoms with E-state index in [1.165, 1.54) is 12.1 Å². The van der Waals surface area contributed by atoms with E-state index in [0.717, 1.165) is 55.5 Å². The van der Waals surface area contributed by atoms with Crippen LogP contribution < -0.4 is 0 Å². The summed E-state index contributed by atoms with van der Waals surface area (Å²) in [6.45, 7) is 7.61. The molecule has 5 nitrogen and oxygen atoms in total. The first-order chi connectivity index (χ1) is 16.1. The molecule has 0 aliphatic heterocycles. The van der Waals surface area contributed by atoms with Gasteiger partial charge in [-0.25, -0.2) is 9.37 Å². The van der Waals surface area contributed by atoms with Gasteiger partial charge < -0.3 is 4.98 Å². The fraction of sp³-hybridized carbons (Fsp3) is 0.0741. The third kappa shape index (κ3) is 3.76. The molecule has 0 amide bonds. The van der Waals surface area contributed by atoms with Gasteiger partial charge in [-0.2, -0.15) is 5.10 Å². The summed E-state index contributed by atoms with van der Waals surface area (Å²) < 4.78 is 14.1. The lowest BCUT2D eigenvalue weighted by molar-refractivity contribution is 0.627. The highest BCUT2D eigenvalue weighted by Gasteiger charge is 2.15. The van der Waals surface area contributed by atoms with Crippen LogP contribution in [0.5, 0.6) is 0 Å². The van der Waals surface area contributed by atoms with Crippen molar-refractivity contribution in [2.45, 2.75) is 13.8 Å². The summed E-state index contributed by atoms with van der Waals surface area (Å²) in [6, 6.07) is 9.13. The van der Waals surface area contributed by atoms with Crippen molar-refractivity contribution >= 4 is 27.5 Å². The number of allylic oxidation sites excluding steroid dienone is 5. The molecule has 0 radical (unpaired) electrons. The van der Waals surface area contributed by atoms with E-state index < -0.39 is 0 Å². The molecule has 2 N–H and O–H groups in total. The van der Waals surface area contributed by atoms with Gasteiger partial charge in [0.1, 0.15) is 5.82 Å². The Kier molecular flexibility index (Phi) is 5.18. The minimum atomic E-state index is -0.263. The highest BCUT2D eigenvalue weighted by atomic mass is 19.1. The molecule has 0 atom stereocenters. The topological polar surface area (TPSA) is 70.2 Å². The molecule has 0 unspecified atom stereocenters. The van der Waals surface area contributed by atoms with E-state index in [1.54, 1.807) is 18.5 Å². The predicted octanol–water partition coefficient (Wildman–Crippen LogP) is 6.76. The lowest BCUT2D eigenvalue weighted by Gasteiger charge is -2.05. The summed E-state index contributed by atoms with van der Waals surface area (Å²) in [6.07, 6.45) is 13.0. The van der Waals surface area contributed by atoms with Crippen LogP contribution in [0.25, 0.3) is 50.0 Å². The Balaban J connectivity index is 1.65. The Morgan fingerprint density at radius 1 is 1.06 bits per heavy atom. The van der Waals surface area contributed by atoms with Crippen molar-refractivity contribution in [3.05, 3.63) is 96.7 Å². The Hall–Kier alpha value is -4.32. The number of benzene rings is 1. The number of H-pyrrole nitrogens is 2. The number of aromatic amines is 2. The summed E-state index contributed by atoms with van der Waals surface area (Å²) in [5.74, 6) is -0.263. The van der Waals surface area contributed by atoms with Crippen molar-refractivity contribution in [3.8, 4) is 22.5 Å². The van der Waals surface area contributed by atoms with Crippen molar-refractivity contribution in [1.29, 1.82) is 0 Å². The fourth-order valence-electron chi connectivity index (χ4n) is 4.10. The molecule has 0 saturated heterocycles. The van der Waals surface area contributed by atoms with Gasteiger partial charge in [-0.3, -0.25) is 10.1 Å². The van der Waals surface area contributed by atoms with Gasteiger partial charge in [0.25, 0.3) is 0 Å². The molecule has 0 aliphatic carbocycles. The van der Waals surface area contributed by atoms with Crippen LogP contribution in [0.1, 0.15) is 18.1 Å². The Morgan fingerprint density at radius 2 is 1.94 bits per heavy atom. The number of pyridine rings is 2. The number of halogens is 1. The van der Waals surface area contributed by atoms with Crippen molar-refractivity contribution in [3.63, 3.8) is 0 Å². The third-order valence-electron chi connectivity index (χ3n) is 5.63. The average Bonchev–Trinajstić information content (AvgIpc) is 3.42. The number of fused-ring (bicyclic) bond motifs is 2. The zero-order valence-electron chi connectivity index (χ0n) is 18.4. The van der Waals surface area contributed by atoms with Crippen LogP contribution in [0.2, 0.25) is 0 Å². The molecular weight excluding hydrogens is 413 g/mol. The van der Waals surface area contributed by atoms with Gasteiger partial charge in [-0.1, -0.05) is 36.9 Å². The maximum absolute atomic E-state index is 14.1. The van der Waals surface area contributed by atoms with Crippen LogP contribution in [0.4, 0.5) is 4.39 Å². The van der Waals surface area contributed by atoms with E-state index in [9.17, 15) is 4.39 Å². The average molecular weight is 436 g/mol. The van der Waals surface area contributed by atoms with Gasteiger partial charge in [-0.05, 0) is 54.8 Å². The molecule has 0 bridgehead atoms. The molecule has 4 heterocycles. The first kappa shape index (κ1) is 20.6. The van der Waals surface area contributed by atoms with Crippen molar-refractivity contribution in [2.24, 2.45) is 0 Å². The summed E-state index contributed by atoms with van der Waals surface area (Å²) in [5, 5.41) is 9.36. The Labute approximate surface area is 190 Å². The number of nitrogens with one attached hydrogen (secondary N) is 2. The predicted molar refractivity (Wildman–Crippen MR) is 132 cm³/mol. The van der Waals surface area contributed by atoms with E-state index >= 15 is 0 Å². The van der Waals surface area contributed by atoms with Gasteiger partial charge in [0.2, 0.25) is 0 Å². The van der Waals surface area contributed by atoms with Gasteiger partial charge in [-0.15, -0.1) is 0 Å². The Morgan fingerprint density at radius 3 is 2.73 bits per heavy atom. The van der Waals surface area contributed by atoms with Crippen LogP contribution >= 0.6 is 0 Å². The quantitative estimate of drug-likeness (QED) is 0.300. The largest absolute Gasteiger partial charge is 0.352 e. The number of hydrogen-bond donors (Lipinski definition) is 2. The SMILES string of the molecule is C=C/C=C\C(=C/C)c1cnc2n[nH]c(-c3cc4c(-c5cc(C)cc(F)c5)cncc4[nH]3)c2c1. The second-order valence-corrected chi connectivity index (χ2v) is 7.88. The zero-order valence-corrected chi connectivity index (χ0v) is 18.4. The maximum atomic E-state index is 14.1. The monoisotopic (exact) mass is 435 g/mol. The van der Waals surface area contributed by atoms with Crippen LogP contribution in [-0.4, -0.2) is 25.1 Å². The molecule has 6 heteroatoms. The molecule has 4 aromatic heterocycles. The van der Waals surface area contributed by atoms with Crippen molar-refractivity contribution in [2.75, 3.05) is 0 Å². The number of rotatable bonds is 5. The second kappa shape index (κ2) is 8.31. The smallest absolute Gasteiger partial charge is 0.181 e. The van der Waals surface area contributed by atoms with E-state index in [-0.39, 0.29) is 5.82 Å². The summed E-state index contributed by atoms with van der Waals surface area (Å²) >= 11 is 0. The van der Waals surface area contributed by atoms with Crippen LogP contribution in [0.15, 0.2) is 79.8 Å². The van der Waals surface area contributed by atoms with Gasteiger partial charge >= 0.3 is 0 Å². The second-order valence-electron chi connectivity index (χ2n) is 7.88. The van der Waals surface area contributed by atoms with Gasteiger partial charge in [0.05, 0.1) is 23.1 Å². The summed E-state index contributed by atoms with van der Waals surface area (Å²) in [7, 11) is 0. The van der Waals surface area contributed by atoms with Crippen molar-refractivity contribution < 1.29 is 4.39 Å². The Bertz CT molecular complexity index is 1550. The number of aryl methyl sites for hydroxylation is 1. The molecule has 1 aromatic carbocycles. The lowest BCUT2D eigenvalue weighted by atomic mass is 10.0. The molecule has 162 valence electrons. The summed E-state index contributed by atoms with van der Waals surface area (Å²) in [5.41, 5.74) is 7.74. The van der Waals surface area contributed by atoms with Crippen LogP contribution in [0.3, 0.4) is 0 Å².